The molecule has 18 heavy (non-hydrogen) atoms. The van der Waals surface area contributed by atoms with Gasteiger partial charge in [-0.15, -0.1) is 0 Å². The van der Waals surface area contributed by atoms with Crippen LogP contribution in [0.5, 0.6) is 0 Å². The fraction of sp³-hybridized carbons (Fsp3) is 0.500. The molecule has 0 bridgehead atoms. The Morgan fingerprint density at radius 3 is 2.00 bits per heavy atom. The summed E-state index contributed by atoms with van der Waals surface area (Å²) in [5.74, 6) is 0. The number of anilines is 1. The van der Waals surface area contributed by atoms with E-state index in [2.05, 4.69) is 23.8 Å². The Morgan fingerprint density at radius 1 is 1.22 bits per heavy atom. The minimum Gasteiger partial charge on any atom is -0.444 e. The summed E-state index contributed by atoms with van der Waals surface area (Å²) < 4.78 is 4.58. The minimum absolute atomic E-state index is 0.453. The number of amides is 1. The van der Waals surface area contributed by atoms with Crippen LogP contribution in [0.15, 0.2) is 24.3 Å². The van der Waals surface area contributed by atoms with Crippen molar-refractivity contribution in [3.05, 3.63) is 29.8 Å². The van der Waals surface area contributed by atoms with Gasteiger partial charge in [0, 0.05) is 5.69 Å². The molecule has 0 aromatic heterocycles. The molecule has 1 rings (SSSR count). The summed E-state index contributed by atoms with van der Waals surface area (Å²) in [6.07, 6.45) is 1.63. The highest BCUT2D eigenvalue weighted by Crippen LogP contribution is 2.06. The molecular weight excluding hydrogens is 228 g/mol. The van der Waals surface area contributed by atoms with E-state index in [4.69, 9.17) is 11.5 Å². The van der Waals surface area contributed by atoms with Crippen molar-refractivity contribution in [2.24, 2.45) is 5.73 Å². The van der Waals surface area contributed by atoms with Crippen LogP contribution in [0.1, 0.15) is 39.7 Å². The van der Waals surface area contributed by atoms with E-state index < -0.39 is 11.7 Å². The number of nitrogens with two attached hydrogens (primary N) is 2. The van der Waals surface area contributed by atoms with Gasteiger partial charge in [-0.2, -0.15) is 0 Å². The molecule has 0 atom stereocenters. The smallest absolute Gasteiger partial charge is 0.405 e. The Morgan fingerprint density at radius 2 is 1.72 bits per heavy atom. The molecule has 0 aliphatic rings. The van der Waals surface area contributed by atoms with Gasteiger partial charge in [-0.1, -0.05) is 25.5 Å². The number of hydrogen-bond donors (Lipinski definition) is 2. The van der Waals surface area contributed by atoms with Crippen molar-refractivity contribution in [2.75, 3.05) is 5.73 Å². The molecule has 1 amide bonds. The van der Waals surface area contributed by atoms with Gasteiger partial charge in [0.05, 0.1) is 0 Å². The average molecular weight is 252 g/mol. The summed E-state index contributed by atoms with van der Waals surface area (Å²) in [7, 11) is 0. The molecule has 0 aliphatic heterocycles. The van der Waals surface area contributed by atoms with Crippen LogP contribution in [-0.4, -0.2) is 11.7 Å². The van der Waals surface area contributed by atoms with Crippen molar-refractivity contribution < 1.29 is 9.53 Å². The van der Waals surface area contributed by atoms with Crippen LogP contribution in [0, 0.1) is 0 Å². The van der Waals surface area contributed by atoms with Crippen LogP contribution in [0.25, 0.3) is 0 Å². The lowest BCUT2D eigenvalue weighted by atomic mass is 10.1. The van der Waals surface area contributed by atoms with Crippen LogP contribution in [0.2, 0.25) is 0 Å². The highest BCUT2D eigenvalue weighted by atomic mass is 16.6. The van der Waals surface area contributed by atoms with E-state index in [0.29, 0.717) is 0 Å². The van der Waals surface area contributed by atoms with E-state index in [-0.39, 0.29) is 0 Å². The maximum atomic E-state index is 10.0. The van der Waals surface area contributed by atoms with Crippen molar-refractivity contribution >= 4 is 11.8 Å². The third kappa shape index (κ3) is 9.51. The van der Waals surface area contributed by atoms with Crippen LogP contribution in [-0.2, 0) is 11.2 Å². The predicted octanol–water partition coefficient (Wildman–Crippen LogP) is 3.10. The van der Waals surface area contributed by atoms with Crippen LogP contribution >= 0.6 is 0 Å². The number of nitrogen functional groups attached to an aromatic ring is 1. The van der Waals surface area contributed by atoms with Gasteiger partial charge in [0.25, 0.3) is 0 Å². The van der Waals surface area contributed by atoms with E-state index in [0.717, 1.165) is 12.1 Å². The summed E-state index contributed by atoms with van der Waals surface area (Å²) in [5.41, 5.74) is 12.0. The lowest BCUT2D eigenvalue weighted by Gasteiger charge is -2.16. The monoisotopic (exact) mass is 252 g/mol. The van der Waals surface area contributed by atoms with Crippen molar-refractivity contribution in [2.45, 2.75) is 46.1 Å². The number of rotatable bonds is 2. The fourth-order valence-electron chi connectivity index (χ4n) is 1.27. The molecule has 0 fully saturated rings. The van der Waals surface area contributed by atoms with Gasteiger partial charge < -0.3 is 16.2 Å². The fourth-order valence-corrected chi connectivity index (χ4v) is 1.27. The van der Waals surface area contributed by atoms with Gasteiger partial charge in [-0.3, -0.25) is 0 Å². The topological polar surface area (TPSA) is 78.3 Å². The highest BCUT2D eigenvalue weighted by molar-refractivity contribution is 5.65. The lowest BCUT2D eigenvalue weighted by molar-refractivity contribution is 0.0600. The maximum absolute atomic E-state index is 10.0. The van der Waals surface area contributed by atoms with E-state index in [9.17, 15) is 4.79 Å². The van der Waals surface area contributed by atoms with E-state index in [1.165, 1.54) is 12.0 Å². The second-order valence-electron chi connectivity index (χ2n) is 5.03. The van der Waals surface area contributed by atoms with Gasteiger partial charge in [0.1, 0.15) is 5.60 Å². The SMILES string of the molecule is CC(C)(C)OC(N)=O.CCCc1ccc(N)cc1. The third-order valence-corrected chi connectivity index (χ3v) is 1.93. The van der Waals surface area contributed by atoms with Crippen LogP contribution < -0.4 is 11.5 Å². The molecule has 1 aromatic rings. The van der Waals surface area contributed by atoms with Crippen molar-refractivity contribution in [1.29, 1.82) is 0 Å². The number of benzene rings is 1. The first-order valence-corrected chi connectivity index (χ1v) is 6.07. The minimum atomic E-state index is -0.725. The molecule has 102 valence electrons. The summed E-state index contributed by atoms with van der Waals surface area (Å²) in [5, 5.41) is 0. The number of ether oxygens (including phenoxy) is 1. The lowest BCUT2D eigenvalue weighted by Crippen LogP contribution is -2.27. The normalized spacial score (nSPS) is 10.2. The molecular formula is C14H24N2O2. The Balaban J connectivity index is 0.000000331. The number of aryl methyl sites for hydroxylation is 1. The zero-order chi connectivity index (χ0) is 14.2. The van der Waals surface area contributed by atoms with Crippen molar-refractivity contribution in [3.63, 3.8) is 0 Å². The van der Waals surface area contributed by atoms with Crippen LogP contribution in [0.3, 0.4) is 0 Å². The molecule has 4 N–H and O–H groups in total. The van der Waals surface area contributed by atoms with Crippen LogP contribution in [0.4, 0.5) is 10.5 Å². The van der Waals surface area contributed by atoms with Crippen molar-refractivity contribution in [1.82, 2.24) is 0 Å². The summed E-state index contributed by atoms with van der Waals surface area (Å²) >= 11 is 0. The molecule has 0 radical (unpaired) electrons. The largest absolute Gasteiger partial charge is 0.444 e. The Labute approximate surface area is 109 Å². The van der Waals surface area contributed by atoms with E-state index in [1.54, 1.807) is 20.8 Å². The number of primary amides is 1. The first-order chi connectivity index (χ1) is 8.24. The predicted molar refractivity (Wildman–Crippen MR) is 75.3 cm³/mol. The molecule has 0 saturated carbocycles. The number of hydrogen-bond acceptors (Lipinski definition) is 3. The first-order valence-electron chi connectivity index (χ1n) is 6.07. The number of carbonyl (C=O) groups is 1. The molecule has 0 unspecified atom stereocenters. The Hall–Kier alpha value is -1.71. The average Bonchev–Trinajstić information content (AvgIpc) is 2.19. The quantitative estimate of drug-likeness (QED) is 0.794. The standard InChI is InChI=1S/C9H13N.C5H11NO2/c1-2-3-8-4-6-9(10)7-5-8;1-5(2,3)8-4(6)7/h4-7H,2-3,10H2,1H3;1-3H3,(H2,6,7). The maximum Gasteiger partial charge on any atom is 0.405 e. The third-order valence-electron chi connectivity index (χ3n) is 1.93. The Kier molecular flexibility index (Phi) is 6.86. The molecule has 0 saturated heterocycles. The molecule has 4 nitrogen and oxygen atoms in total. The first kappa shape index (κ1) is 16.3. The summed E-state index contributed by atoms with van der Waals surface area (Å²) in [6, 6.07) is 8.06. The second kappa shape index (κ2) is 7.58. The second-order valence-corrected chi connectivity index (χ2v) is 5.03. The van der Waals surface area contributed by atoms with Crippen molar-refractivity contribution in [3.8, 4) is 0 Å². The summed E-state index contributed by atoms with van der Waals surface area (Å²) in [4.78, 5) is 10.0. The van der Waals surface area contributed by atoms with Gasteiger partial charge in [-0.25, -0.2) is 4.79 Å². The molecule has 0 spiro atoms. The Bertz CT molecular complexity index is 353. The number of carbonyl (C=O) groups excluding carboxylic acids is 1. The van der Waals surface area contributed by atoms with E-state index in [1.807, 2.05) is 12.1 Å². The summed E-state index contributed by atoms with van der Waals surface area (Å²) in [6.45, 7) is 7.46. The molecule has 0 aliphatic carbocycles. The van der Waals surface area contributed by atoms with Gasteiger partial charge in [-0.05, 0) is 44.9 Å². The van der Waals surface area contributed by atoms with Gasteiger partial charge in [0.2, 0.25) is 0 Å². The zero-order valence-corrected chi connectivity index (χ0v) is 11.7. The molecule has 1 aromatic carbocycles. The van der Waals surface area contributed by atoms with Gasteiger partial charge in [0.15, 0.2) is 0 Å². The molecule has 0 heterocycles. The molecule has 4 heteroatoms. The zero-order valence-electron chi connectivity index (χ0n) is 11.7. The van der Waals surface area contributed by atoms with E-state index >= 15 is 0 Å². The van der Waals surface area contributed by atoms with Gasteiger partial charge >= 0.3 is 6.09 Å². The highest BCUT2D eigenvalue weighted by Gasteiger charge is 2.12.